The molecule has 1 aromatic carbocycles. The highest BCUT2D eigenvalue weighted by Gasteiger charge is 1.98. The van der Waals surface area contributed by atoms with Gasteiger partial charge in [0.05, 0.1) is 0 Å². The van der Waals surface area contributed by atoms with Gasteiger partial charge in [-0.15, -0.1) is 11.6 Å². The summed E-state index contributed by atoms with van der Waals surface area (Å²) in [4.78, 5) is 0. The Hall–Kier alpha value is -0.140. The van der Waals surface area contributed by atoms with Crippen LogP contribution < -0.4 is 0 Å². The highest BCUT2D eigenvalue weighted by atomic mass is 35.5. The van der Waals surface area contributed by atoms with Gasteiger partial charge in [0, 0.05) is 0 Å². The predicted molar refractivity (Wildman–Crippen MR) is 48.8 cm³/mol. The maximum absolute atomic E-state index is 5.72. The minimum Gasteiger partial charge on any atom is -0.155 e. The molecule has 0 aliphatic heterocycles. The van der Waals surface area contributed by atoms with Gasteiger partial charge in [0.25, 0.3) is 0 Å². The van der Waals surface area contributed by atoms with Crippen molar-refractivity contribution < 1.29 is 0 Å². The van der Waals surface area contributed by atoms with Crippen molar-refractivity contribution in [2.24, 2.45) is 0 Å². The van der Waals surface area contributed by atoms with Crippen LogP contribution in [0, 0.1) is 6.92 Å². The topological polar surface area (TPSA) is 0 Å². The summed E-state index contributed by atoms with van der Waals surface area (Å²) in [6.45, 7) is 2.05. The van der Waals surface area contributed by atoms with Gasteiger partial charge in [-0.25, -0.2) is 0 Å². The van der Waals surface area contributed by atoms with E-state index in [1.165, 1.54) is 5.56 Å². The zero-order valence-electron chi connectivity index (χ0n) is 5.71. The highest BCUT2D eigenvalue weighted by molar-refractivity contribution is 7.81. The van der Waals surface area contributed by atoms with Gasteiger partial charge in [-0.1, -0.05) is 29.8 Å². The number of rotatable bonds is 1. The van der Waals surface area contributed by atoms with Crippen LogP contribution in [0.1, 0.15) is 15.8 Å². The van der Waals surface area contributed by atoms with E-state index in [2.05, 4.69) is 12.6 Å². The molecule has 0 aromatic heterocycles. The minimum atomic E-state index is -0.180. The standard InChI is InChI=1S/C8H9ClS/c1-6-2-4-7(5-3-6)8(9)10/h2-5,8,10H,1H3. The van der Waals surface area contributed by atoms with Crippen molar-refractivity contribution in [3.8, 4) is 0 Å². The molecule has 0 saturated carbocycles. The molecule has 54 valence electrons. The van der Waals surface area contributed by atoms with Gasteiger partial charge in [-0.3, -0.25) is 0 Å². The Bertz CT molecular complexity index is 203. The van der Waals surface area contributed by atoms with E-state index in [1.807, 2.05) is 31.2 Å². The van der Waals surface area contributed by atoms with Gasteiger partial charge in [-0.2, -0.15) is 12.6 Å². The Balaban J connectivity index is 2.89. The third-order valence-corrected chi connectivity index (χ3v) is 1.90. The Kier molecular flexibility index (Phi) is 2.64. The summed E-state index contributed by atoms with van der Waals surface area (Å²) in [5, 5.41) is 0. The Morgan fingerprint density at radius 1 is 1.30 bits per heavy atom. The lowest BCUT2D eigenvalue weighted by atomic mass is 10.2. The van der Waals surface area contributed by atoms with Gasteiger partial charge in [0.15, 0.2) is 0 Å². The van der Waals surface area contributed by atoms with Crippen molar-refractivity contribution in [2.75, 3.05) is 0 Å². The molecule has 1 atom stereocenters. The van der Waals surface area contributed by atoms with Crippen LogP contribution in [0.3, 0.4) is 0 Å². The second-order valence-electron chi connectivity index (χ2n) is 2.25. The molecule has 0 amide bonds. The monoisotopic (exact) mass is 172 g/mol. The molecule has 0 radical (unpaired) electrons. The fourth-order valence-electron chi connectivity index (χ4n) is 0.725. The molecule has 10 heavy (non-hydrogen) atoms. The molecular formula is C8H9ClS. The molecule has 0 nitrogen and oxygen atoms in total. The van der Waals surface area contributed by atoms with Gasteiger partial charge >= 0.3 is 0 Å². The molecule has 0 aliphatic carbocycles. The number of thiol groups is 1. The van der Waals surface area contributed by atoms with E-state index in [0.717, 1.165) is 5.56 Å². The van der Waals surface area contributed by atoms with E-state index in [9.17, 15) is 0 Å². The fraction of sp³-hybridized carbons (Fsp3) is 0.250. The number of aryl methyl sites for hydroxylation is 1. The largest absolute Gasteiger partial charge is 0.155 e. The van der Waals surface area contributed by atoms with Crippen molar-refractivity contribution in [1.29, 1.82) is 0 Å². The van der Waals surface area contributed by atoms with Crippen LogP contribution >= 0.6 is 24.2 Å². The van der Waals surface area contributed by atoms with E-state index in [1.54, 1.807) is 0 Å². The van der Waals surface area contributed by atoms with Crippen LogP contribution in [0.15, 0.2) is 24.3 Å². The van der Waals surface area contributed by atoms with Crippen LogP contribution in [0.4, 0.5) is 0 Å². The second-order valence-corrected chi connectivity index (χ2v) is 3.50. The molecule has 0 fully saturated rings. The molecule has 0 saturated heterocycles. The smallest absolute Gasteiger partial charge is 0.101 e. The fourth-order valence-corrected chi connectivity index (χ4v) is 1.04. The summed E-state index contributed by atoms with van der Waals surface area (Å²) in [5.74, 6) is 0. The van der Waals surface area contributed by atoms with Crippen LogP contribution in [0.25, 0.3) is 0 Å². The van der Waals surface area contributed by atoms with Gasteiger partial charge in [0.2, 0.25) is 0 Å². The van der Waals surface area contributed by atoms with Gasteiger partial charge in [-0.05, 0) is 12.5 Å². The Labute approximate surface area is 71.6 Å². The molecule has 0 spiro atoms. The van der Waals surface area contributed by atoms with Crippen molar-refractivity contribution in [2.45, 2.75) is 11.6 Å². The summed E-state index contributed by atoms with van der Waals surface area (Å²) in [6.07, 6.45) is 0. The number of halogens is 1. The Morgan fingerprint density at radius 2 is 1.80 bits per heavy atom. The van der Waals surface area contributed by atoms with Gasteiger partial charge in [0.1, 0.15) is 4.71 Å². The molecule has 0 N–H and O–H groups in total. The molecule has 0 heterocycles. The first-order valence-corrected chi connectivity index (χ1v) is 4.04. The summed E-state index contributed by atoms with van der Waals surface area (Å²) in [7, 11) is 0. The highest BCUT2D eigenvalue weighted by Crippen LogP contribution is 2.23. The van der Waals surface area contributed by atoms with E-state index < -0.39 is 0 Å². The van der Waals surface area contributed by atoms with Crippen LogP contribution in [-0.2, 0) is 0 Å². The zero-order chi connectivity index (χ0) is 7.56. The number of hydrogen-bond acceptors (Lipinski definition) is 1. The third kappa shape index (κ3) is 1.93. The average molecular weight is 173 g/mol. The van der Waals surface area contributed by atoms with E-state index in [4.69, 9.17) is 11.6 Å². The number of hydrogen-bond donors (Lipinski definition) is 1. The lowest BCUT2D eigenvalue weighted by Gasteiger charge is -2.01. The average Bonchev–Trinajstić information content (AvgIpc) is 1.88. The van der Waals surface area contributed by atoms with Crippen molar-refractivity contribution in [3.05, 3.63) is 35.4 Å². The van der Waals surface area contributed by atoms with Crippen molar-refractivity contribution in [1.82, 2.24) is 0 Å². The zero-order valence-corrected chi connectivity index (χ0v) is 7.36. The summed E-state index contributed by atoms with van der Waals surface area (Å²) in [6, 6.07) is 8.03. The van der Waals surface area contributed by atoms with E-state index >= 15 is 0 Å². The normalized spacial score (nSPS) is 13.1. The lowest BCUT2D eigenvalue weighted by Crippen LogP contribution is -1.80. The maximum atomic E-state index is 5.72. The molecule has 0 bridgehead atoms. The van der Waals surface area contributed by atoms with Crippen molar-refractivity contribution >= 4 is 24.2 Å². The van der Waals surface area contributed by atoms with Crippen LogP contribution in [0.5, 0.6) is 0 Å². The Morgan fingerprint density at radius 3 is 2.20 bits per heavy atom. The number of benzene rings is 1. The first kappa shape index (κ1) is 7.96. The molecule has 0 aliphatic rings. The molecular weight excluding hydrogens is 164 g/mol. The van der Waals surface area contributed by atoms with E-state index in [-0.39, 0.29) is 4.71 Å². The lowest BCUT2D eigenvalue weighted by molar-refractivity contribution is 1.34. The molecule has 1 rings (SSSR count). The van der Waals surface area contributed by atoms with Crippen LogP contribution in [0.2, 0.25) is 0 Å². The second kappa shape index (κ2) is 3.31. The molecule has 2 heteroatoms. The summed E-state index contributed by atoms with van der Waals surface area (Å²) >= 11 is 9.81. The summed E-state index contributed by atoms with van der Waals surface area (Å²) in [5.41, 5.74) is 2.30. The van der Waals surface area contributed by atoms with E-state index in [0.29, 0.717) is 0 Å². The van der Waals surface area contributed by atoms with Gasteiger partial charge < -0.3 is 0 Å². The predicted octanol–water partition coefficient (Wildman–Crippen LogP) is 3.16. The minimum absolute atomic E-state index is 0.180. The number of alkyl halides is 1. The third-order valence-electron chi connectivity index (χ3n) is 1.35. The molecule has 1 unspecified atom stereocenters. The molecule has 1 aromatic rings. The van der Waals surface area contributed by atoms with Crippen molar-refractivity contribution in [3.63, 3.8) is 0 Å². The quantitative estimate of drug-likeness (QED) is 0.488. The summed E-state index contributed by atoms with van der Waals surface area (Å²) < 4.78 is -0.180. The maximum Gasteiger partial charge on any atom is 0.101 e. The first-order valence-electron chi connectivity index (χ1n) is 3.09. The SMILES string of the molecule is Cc1ccc(C(S)Cl)cc1. The van der Waals surface area contributed by atoms with Crippen LogP contribution in [-0.4, -0.2) is 0 Å². The first-order chi connectivity index (χ1) is 4.70.